The van der Waals surface area contributed by atoms with Gasteiger partial charge in [0.05, 0.1) is 0 Å². The standard InChI is InChI=1S/C15H15NO/c1-10(2)6-13-7-11-4-3-5-14-15(11)12(8-16-13)9-17-14/h3-5,7-10H,6H2,1-2H3. The number of aliphatic imine (C=N–C) groups is 1. The van der Waals surface area contributed by atoms with Crippen LogP contribution in [0.2, 0.25) is 0 Å². The summed E-state index contributed by atoms with van der Waals surface area (Å²) in [5.41, 5.74) is 4.36. The molecule has 1 aromatic carbocycles. The smallest absolute Gasteiger partial charge is 0.135 e. The number of furan rings is 1. The molecular formula is C15H15NO. The van der Waals surface area contributed by atoms with E-state index in [-0.39, 0.29) is 0 Å². The van der Waals surface area contributed by atoms with Crippen LogP contribution in [0.4, 0.5) is 0 Å². The van der Waals surface area contributed by atoms with Gasteiger partial charge in [-0.15, -0.1) is 0 Å². The first-order valence-electron chi connectivity index (χ1n) is 5.99. The maximum absolute atomic E-state index is 5.51. The Hall–Kier alpha value is -1.83. The first-order chi connectivity index (χ1) is 8.24. The fourth-order valence-electron chi connectivity index (χ4n) is 2.26. The van der Waals surface area contributed by atoms with E-state index >= 15 is 0 Å². The molecule has 0 radical (unpaired) electrons. The highest BCUT2D eigenvalue weighted by Crippen LogP contribution is 2.29. The molecule has 0 saturated carbocycles. The molecule has 2 heterocycles. The van der Waals surface area contributed by atoms with E-state index in [2.05, 4.69) is 31.0 Å². The zero-order valence-corrected chi connectivity index (χ0v) is 10.1. The summed E-state index contributed by atoms with van der Waals surface area (Å²) >= 11 is 0. The van der Waals surface area contributed by atoms with E-state index in [9.17, 15) is 0 Å². The molecule has 0 spiro atoms. The first kappa shape index (κ1) is 10.3. The molecule has 1 aliphatic rings. The van der Waals surface area contributed by atoms with Gasteiger partial charge in [0.1, 0.15) is 11.8 Å². The summed E-state index contributed by atoms with van der Waals surface area (Å²) in [5, 5.41) is 1.18. The van der Waals surface area contributed by atoms with Gasteiger partial charge in [-0.05, 0) is 30.0 Å². The number of allylic oxidation sites excluding steroid dienone is 1. The minimum atomic E-state index is 0.620. The van der Waals surface area contributed by atoms with Gasteiger partial charge in [0.25, 0.3) is 0 Å². The number of hydrogen-bond acceptors (Lipinski definition) is 2. The second kappa shape index (κ2) is 3.88. The van der Waals surface area contributed by atoms with E-state index in [1.54, 1.807) is 6.26 Å². The van der Waals surface area contributed by atoms with Gasteiger partial charge in [-0.1, -0.05) is 26.0 Å². The summed E-state index contributed by atoms with van der Waals surface area (Å²) in [7, 11) is 0. The molecular weight excluding hydrogens is 210 g/mol. The van der Waals surface area contributed by atoms with Gasteiger partial charge in [0.2, 0.25) is 0 Å². The Morgan fingerprint density at radius 1 is 1.24 bits per heavy atom. The van der Waals surface area contributed by atoms with Gasteiger partial charge in [-0.2, -0.15) is 0 Å². The Kier molecular flexibility index (Phi) is 2.36. The largest absolute Gasteiger partial charge is 0.464 e. The van der Waals surface area contributed by atoms with E-state index in [1.165, 1.54) is 10.9 Å². The Balaban J connectivity index is 2.17. The lowest BCUT2D eigenvalue weighted by atomic mass is 10.0. The minimum absolute atomic E-state index is 0.620. The Morgan fingerprint density at radius 3 is 2.94 bits per heavy atom. The van der Waals surface area contributed by atoms with Crippen LogP contribution in [0.1, 0.15) is 31.4 Å². The molecule has 0 atom stereocenters. The van der Waals surface area contributed by atoms with Crippen molar-refractivity contribution in [1.29, 1.82) is 0 Å². The predicted octanol–water partition coefficient (Wildman–Crippen LogP) is 4.25. The summed E-state index contributed by atoms with van der Waals surface area (Å²) in [6.45, 7) is 4.43. The third-order valence-corrected chi connectivity index (χ3v) is 2.97. The van der Waals surface area contributed by atoms with Crippen LogP contribution in [-0.2, 0) is 0 Å². The summed E-state index contributed by atoms with van der Waals surface area (Å²) in [5.74, 6) is 0.620. The van der Waals surface area contributed by atoms with Crippen LogP contribution < -0.4 is 0 Å². The van der Waals surface area contributed by atoms with E-state index < -0.39 is 0 Å². The highest BCUT2D eigenvalue weighted by atomic mass is 16.3. The zero-order valence-electron chi connectivity index (χ0n) is 10.1. The molecule has 0 N–H and O–H groups in total. The zero-order chi connectivity index (χ0) is 11.8. The van der Waals surface area contributed by atoms with Crippen LogP contribution >= 0.6 is 0 Å². The number of nitrogens with zero attached hydrogens (tertiary/aromatic N) is 1. The van der Waals surface area contributed by atoms with Gasteiger partial charge in [-0.3, -0.25) is 4.99 Å². The lowest BCUT2D eigenvalue weighted by molar-refractivity contribution is 0.615. The van der Waals surface area contributed by atoms with Crippen molar-refractivity contribution in [3.05, 3.63) is 41.3 Å². The quantitative estimate of drug-likeness (QED) is 0.750. The number of rotatable bonds is 2. The summed E-state index contributed by atoms with van der Waals surface area (Å²) in [6.07, 6.45) is 6.87. The Labute approximate surface area is 101 Å². The highest BCUT2D eigenvalue weighted by molar-refractivity contribution is 6.03. The molecule has 0 unspecified atom stereocenters. The second-order valence-electron chi connectivity index (χ2n) is 4.90. The van der Waals surface area contributed by atoms with E-state index in [4.69, 9.17) is 4.42 Å². The van der Waals surface area contributed by atoms with Crippen molar-refractivity contribution in [2.24, 2.45) is 10.9 Å². The lowest BCUT2D eigenvalue weighted by Crippen LogP contribution is -1.89. The maximum atomic E-state index is 5.51. The van der Waals surface area contributed by atoms with Crippen molar-refractivity contribution < 1.29 is 4.42 Å². The fraction of sp³-hybridized carbons (Fsp3) is 0.267. The number of hydrogen-bond donors (Lipinski definition) is 0. The van der Waals surface area contributed by atoms with Crippen molar-refractivity contribution in [1.82, 2.24) is 0 Å². The Bertz CT molecular complexity index is 617. The monoisotopic (exact) mass is 225 g/mol. The van der Waals surface area contributed by atoms with Crippen LogP contribution in [-0.4, -0.2) is 6.21 Å². The van der Waals surface area contributed by atoms with E-state index in [0.717, 1.165) is 23.3 Å². The molecule has 0 fully saturated rings. The van der Waals surface area contributed by atoms with Gasteiger partial charge in [0.15, 0.2) is 0 Å². The predicted molar refractivity (Wildman–Crippen MR) is 71.2 cm³/mol. The molecule has 0 saturated heterocycles. The van der Waals surface area contributed by atoms with Crippen molar-refractivity contribution in [2.45, 2.75) is 20.3 Å². The van der Waals surface area contributed by atoms with Crippen LogP contribution in [0.3, 0.4) is 0 Å². The molecule has 2 nitrogen and oxygen atoms in total. The number of benzene rings is 1. The van der Waals surface area contributed by atoms with Gasteiger partial charge in [-0.25, -0.2) is 0 Å². The van der Waals surface area contributed by atoms with Gasteiger partial charge < -0.3 is 4.42 Å². The summed E-state index contributed by atoms with van der Waals surface area (Å²) < 4.78 is 5.51. The second-order valence-corrected chi connectivity index (χ2v) is 4.90. The summed E-state index contributed by atoms with van der Waals surface area (Å²) in [4.78, 5) is 4.55. The molecule has 86 valence electrons. The maximum Gasteiger partial charge on any atom is 0.135 e. The van der Waals surface area contributed by atoms with Crippen molar-refractivity contribution in [3.8, 4) is 0 Å². The third-order valence-electron chi connectivity index (χ3n) is 2.97. The van der Waals surface area contributed by atoms with Gasteiger partial charge in [0, 0.05) is 22.9 Å². The van der Waals surface area contributed by atoms with Crippen LogP contribution in [0.25, 0.3) is 17.0 Å². The highest BCUT2D eigenvalue weighted by Gasteiger charge is 2.11. The van der Waals surface area contributed by atoms with Crippen LogP contribution in [0.5, 0.6) is 0 Å². The molecule has 2 heteroatoms. The van der Waals surface area contributed by atoms with Crippen molar-refractivity contribution >= 4 is 23.3 Å². The van der Waals surface area contributed by atoms with E-state index in [0.29, 0.717) is 5.92 Å². The molecule has 2 aromatic rings. The average Bonchev–Trinajstić information content (AvgIpc) is 2.61. The molecule has 0 aliphatic carbocycles. The Morgan fingerprint density at radius 2 is 2.12 bits per heavy atom. The molecule has 1 aliphatic heterocycles. The molecule has 0 bridgehead atoms. The minimum Gasteiger partial charge on any atom is -0.464 e. The third kappa shape index (κ3) is 1.80. The molecule has 3 rings (SSSR count). The summed E-state index contributed by atoms with van der Waals surface area (Å²) in [6, 6.07) is 6.15. The average molecular weight is 225 g/mol. The lowest BCUT2D eigenvalue weighted by Gasteiger charge is -2.04. The SMILES string of the molecule is CC(C)CC1=Cc2cccc3occ(c23)C=N1. The van der Waals surface area contributed by atoms with Crippen molar-refractivity contribution in [3.63, 3.8) is 0 Å². The fourth-order valence-corrected chi connectivity index (χ4v) is 2.26. The molecule has 0 amide bonds. The molecule has 17 heavy (non-hydrogen) atoms. The van der Waals surface area contributed by atoms with Crippen LogP contribution in [0, 0.1) is 5.92 Å². The molecule has 1 aromatic heterocycles. The van der Waals surface area contributed by atoms with E-state index in [1.807, 2.05) is 18.3 Å². The van der Waals surface area contributed by atoms with Gasteiger partial charge >= 0.3 is 0 Å². The van der Waals surface area contributed by atoms with Crippen LogP contribution in [0.15, 0.2) is 39.6 Å². The first-order valence-corrected chi connectivity index (χ1v) is 5.99. The topological polar surface area (TPSA) is 25.5 Å². The van der Waals surface area contributed by atoms with Crippen molar-refractivity contribution in [2.75, 3.05) is 0 Å². The normalized spacial score (nSPS) is 14.2.